The smallest absolute Gasteiger partial charge is 0.201 e. The Hall–Kier alpha value is -3.47. The molecule has 0 unspecified atom stereocenters. The zero-order valence-electron chi connectivity index (χ0n) is 13.8. The summed E-state index contributed by atoms with van der Waals surface area (Å²) in [6.45, 7) is 0. The van der Waals surface area contributed by atoms with E-state index in [1.54, 1.807) is 7.11 Å². The molecule has 0 saturated heterocycles. The lowest BCUT2D eigenvalue weighted by atomic mass is 10.2. The Labute approximate surface area is 146 Å². The Morgan fingerprint density at radius 3 is 2.16 bits per heavy atom. The number of methoxy groups -OCH3 is 1. The summed E-state index contributed by atoms with van der Waals surface area (Å²) in [6.07, 6.45) is 0. The molecule has 25 heavy (non-hydrogen) atoms. The Kier molecular flexibility index (Phi) is 5.51. The third kappa shape index (κ3) is 4.51. The van der Waals surface area contributed by atoms with Crippen molar-refractivity contribution in [2.24, 2.45) is 15.3 Å². The average Bonchev–Trinajstić information content (AvgIpc) is 2.70. The van der Waals surface area contributed by atoms with E-state index < -0.39 is 0 Å². The number of anilines is 1. The molecule has 0 spiro atoms. The van der Waals surface area contributed by atoms with Crippen LogP contribution in [0.15, 0.2) is 100 Å². The maximum Gasteiger partial charge on any atom is 0.201 e. The number of hydrazone groups is 1. The molecule has 0 amide bonds. The van der Waals surface area contributed by atoms with Crippen LogP contribution in [-0.4, -0.2) is 12.9 Å². The zero-order valence-corrected chi connectivity index (χ0v) is 13.8. The molecule has 124 valence electrons. The van der Waals surface area contributed by atoms with E-state index >= 15 is 0 Å². The minimum absolute atomic E-state index is 0.482. The Morgan fingerprint density at radius 2 is 1.44 bits per heavy atom. The summed E-state index contributed by atoms with van der Waals surface area (Å²) in [5.74, 6) is 1.14. The SMILES string of the molecule is COc1ccccc1N=NC(=NNc1ccccc1)c1ccccc1. The van der Waals surface area contributed by atoms with Crippen LogP contribution >= 0.6 is 0 Å². The maximum absolute atomic E-state index is 5.30. The van der Waals surface area contributed by atoms with Gasteiger partial charge in [0.1, 0.15) is 11.4 Å². The van der Waals surface area contributed by atoms with Gasteiger partial charge in [0.15, 0.2) is 0 Å². The van der Waals surface area contributed by atoms with Gasteiger partial charge in [-0.15, -0.1) is 10.2 Å². The second-order valence-corrected chi connectivity index (χ2v) is 5.15. The predicted molar refractivity (Wildman–Crippen MR) is 101 cm³/mol. The van der Waals surface area contributed by atoms with Gasteiger partial charge in [-0.05, 0) is 24.3 Å². The minimum atomic E-state index is 0.482. The minimum Gasteiger partial charge on any atom is -0.494 e. The lowest BCUT2D eigenvalue weighted by molar-refractivity contribution is 0.416. The molecule has 3 aromatic rings. The number of para-hydroxylation sites is 2. The first kappa shape index (κ1) is 16.4. The Bertz CT molecular complexity index is 861. The van der Waals surface area contributed by atoms with E-state index in [4.69, 9.17) is 4.74 Å². The summed E-state index contributed by atoms with van der Waals surface area (Å²) in [7, 11) is 1.61. The van der Waals surface area contributed by atoms with Crippen LogP contribution in [0.5, 0.6) is 5.75 Å². The summed E-state index contributed by atoms with van der Waals surface area (Å²) in [5, 5.41) is 13.0. The number of nitrogens with one attached hydrogen (secondary N) is 1. The highest BCUT2D eigenvalue weighted by molar-refractivity contribution is 5.99. The topological polar surface area (TPSA) is 58.3 Å². The van der Waals surface area contributed by atoms with Crippen LogP contribution < -0.4 is 10.2 Å². The quantitative estimate of drug-likeness (QED) is 0.300. The van der Waals surface area contributed by atoms with Crippen molar-refractivity contribution in [2.75, 3.05) is 12.5 Å². The van der Waals surface area contributed by atoms with E-state index in [2.05, 4.69) is 20.8 Å². The third-order valence-electron chi connectivity index (χ3n) is 3.43. The predicted octanol–water partition coefficient (Wildman–Crippen LogP) is 5.25. The Morgan fingerprint density at radius 1 is 0.800 bits per heavy atom. The number of azo groups is 1. The molecule has 0 fully saturated rings. The largest absolute Gasteiger partial charge is 0.494 e. The van der Waals surface area contributed by atoms with E-state index in [1.807, 2.05) is 84.9 Å². The third-order valence-corrected chi connectivity index (χ3v) is 3.43. The normalized spacial score (nSPS) is 11.5. The van der Waals surface area contributed by atoms with Crippen LogP contribution in [0.25, 0.3) is 0 Å². The van der Waals surface area contributed by atoms with Crippen molar-refractivity contribution in [2.45, 2.75) is 0 Å². The van der Waals surface area contributed by atoms with Gasteiger partial charge in [0.25, 0.3) is 0 Å². The van der Waals surface area contributed by atoms with Crippen molar-refractivity contribution < 1.29 is 4.74 Å². The molecule has 3 aromatic carbocycles. The van der Waals surface area contributed by atoms with E-state index in [1.165, 1.54) is 0 Å². The van der Waals surface area contributed by atoms with Crippen molar-refractivity contribution in [3.8, 4) is 5.75 Å². The first-order valence-electron chi connectivity index (χ1n) is 7.86. The average molecular weight is 330 g/mol. The first-order valence-corrected chi connectivity index (χ1v) is 7.86. The van der Waals surface area contributed by atoms with Crippen molar-refractivity contribution in [3.63, 3.8) is 0 Å². The maximum atomic E-state index is 5.30. The van der Waals surface area contributed by atoms with E-state index in [0.717, 1.165) is 11.3 Å². The lowest BCUT2D eigenvalue weighted by Crippen LogP contribution is -2.01. The molecule has 5 nitrogen and oxygen atoms in total. The van der Waals surface area contributed by atoms with Crippen molar-refractivity contribution >= 4 is 17.2 Å². The molecular weight excluding hydrogens is 312 g/mol. The molecular formula is C20H18N4O. The van der Waals surface area contributed by atoms with Gasteiger partial charge in [-0.3, -0.25) is 5.43 Å². The highest BCUT2D eigenvalue weighted by Gasteiger charge is 2.04. The second-order valence-electron chi connectivity index (χ2n) is 5.15. The summed E-state index contributed by atoms with van der Waals surface area (Å²) < 4.78 is 5.30. The summed E-state index contributed by atoms with van der Waals surface area (Å²) in [6, 6.07) is 26.9. The molecule has 0 heterocycles. The van der Waals surface area contributed by atoms with Gasteiger partial charge in [-0.25, -0.2) is 0 Å². The Balaban J connectivity index is 1.90. The lowest BCUT2D eigenvalue weighted by Gasteiger charge is -2.04. The van der Waals surface area contributed by atoms with Crippen molar-refractivity contribution in [1.82, 2.24) is 0 Å². The van der Waals surface area contributed by atoms with Gasteiger partial charge in [0.2, 0.25) is 5.84 Å². The number of ether oxygens (including phenoxy) is 1. The highest BCUT2D eigenvalue weighted by Crippen LogP contribution is 2.26. The van der Waals surface area contributed by atoms with E-state index in [0.29, 0.717) is 17.3 Å². The molecule has 0 bridgehead atoms. The number of rotatable bonds is 5. The molecule has 0 radical (unpaired) electrons. The zero-order chi connectivity index (χ0) is 17.3. The van der Waals surface area contributed by atoms with Crippen molar-refractivity contribution in [3.05, 3.63) is 90.5 Å². The molecule has 0 aliphatic heterocycles. The van der Waals surface area contributed by atoms with Gasteiger partial charge >= 0.3 is 0 Å². The summed E-state index contributed by atoms with van der Waals surface area (Å²) in [4.78, 5) is 0. The molecule has 0 aliphatic rings. The van der Waals surface area contributed by atoms with Gasteiger partial charge in [0, 0.05) is 5.56 Å². The number of nitrogens with zero attached hydrogens (tertiary/aromatic N) is 3. The molecule has 3 rings (SSSR count). The number of benzene rings is 3. The van der Waals surface area contributed by atoms with Crippen LogP contribution in [0.3, 0.4) is 0 Å². The van der Waals surface area contributed by atoms with Crippen LogP contribution in [0.4, 0.5) is 11.4 Å². The molecule has 0 aliphatic carbocycles. The molecule has 5 heteroatoms. The van der Waals surface area contributed by atoms with E-state index in [9.17, 15) is 0 Å². The fraction of sp³-hybridized carbons (Fsp3) is 0.0500. The molecule has 0 atom stereocenters. The van der Waals surface area contributed by atoms with Crippen LogP contribution in [-0.2, 0) is 0 Å². The number of amidine groups is 1. The van der Waals surface area contributed by atoms with Gasteiger partial charge in [0.05, 0.1) is 12.8 Å². The van der Waals surface area contributed by atoms with Crippen LogP contribution in [0.2, 0.25) is 0 Å². The van der Waals surface area contributed by atoms with Crippen molar-refractivity contribution in [1.29, 1.82) is 0 Å². The molecule has 1 N–H and O–H groups in total. The standard InChI is InChI=1S/C20H18N4O/c1-25-19-15-9-8-14-18(19)22-24-20(16-10-4-2-5-11-16)23-21-17-12-6-3-7-13-17/h2-15,21H,1H3. The molecule has 0 saturated carbocycles. The fourth-order valence-corrected chi connectivity index (χ4v) is 2.18. The fourth-order valence-electron chi connectivity index (χ4n) is 2.18. The number of hydrogen-bond donors (Lipinski definition) is 1. The van der Waals surface area contributed by atoms with Gasteiger partial charge in [-0.2, -0.15) is 5.10 Å². The van der Waals surface area contributed by atoms with Crippen LogP contribution in [0.1, 0.15) is 5.56 Å². The van der Waals surface area contributed by atoms with Crippen LogP contribution in [0, 0.1) is 0 Å². The molecule has 0 aromatic heterocycles. The highest BCUT2D eigenvalue weighted by atomic mass is 16.5. The van der Waals surface area contributed by atoms with Gasteiger partial charge < -0.3 is 4.74 Å². The second kappa shape index (κ2) is 8.40. The number of hydrogen-bond acceptors (Lipinski definition) is 4. The monoisotopic (exact) mass is 330 g/mol. The van der Waals surface area contributed by atoms with E-state index in [-0.39, 0.29) is 0 Å². The summed E-state index contributed by atoms with van der Waals surface area (Å²) >= 11 is 0. The van der Waals surface area contributed by atoms with Gasteiger partial charge in [-0.1, -0.05) is 60.7 Å². The first-order chi connectivity index (χ1) is 12.4. The summed E-state index contributed by atoms with van der Waals surface area (Å²) in [5.41, 5.74) is 5.40.